The maximum Gasteiger partial charge on any atom is 0.338 e. The fourth-order valence-corrected chi connectivity index (χ4v) is 2.69. The summed E-state index contributed by atoms with van der Waals surface area (Å²) in [6.07, 6.45) is 0. The van der Waals surface area contributed by atoms with Crippen molar-refractivity contribution in [2.24, 2.45) is 0 Å². The van der Waals surface area contributed by atoms with Crippen molar-refractivity contribution < 1.29 is 14.3 Å². The van der Waals surface area contributed by atoms with E-state index in [0.29, 0.717) is 17.6 Å². The van der Waals surface area contributed by atoms with Crippen LogP contribution in [0, 0.1) is 6.92 Å². The van der Waals surface area contributed by atoms with E-state index in [2.05, 4.69) is 10.3 Å². The molecule has 0 saturated carbocycles. The number of benzene rings is 2. The van der Waals surface area contributed by atoms with Crippen molar-refractivity contribution >= 4 is 22.9 Å². The van der Waals surface area contributed by atoms with Gasteiger partial charge in [-0.15, -0.1) is 0 Å². The number of likely N-dealkylation sites (N-methyl/N-ethyl adjacent to an activating group) is 1. The first kappa shape index (κ1) is 16.7. The Morgan fingerprint density at radius 1 is 1.16 bits per heavy atom. The van der Waals surface area contributed by atoms with Crippen molar-refractivity contribution in [1.82, 2.24) is 14.9 Å². The number of esters is 1. The maximum atomic E-state index is 12.1. The summed E-state index contributed by atoms with van der Waals surface area (Å²) in [6, 6.07) is 15.1. The number of para-hydroxylation sites is 1. The fourth-order valence-electron chi connectivity index (χ4n) is 2.69. The second-order valence-electron chi connectivity index (χ2n) is 5.56. The highest BCUT2D eigenvalue weighted by Gasteiger charge is 2.14. The van der Waals surface area contributed by atoms with Gasteiger partial charge in [0.25, 0.3) is 5.91 Å². The third-order valence-electron chi connectivity index (χ3n) is 3.78. The van der Waals surface area contributed by atoms with Crippen LogP contribution < -0.4 is 5.32 Å². The zero-order valence-corrected chi connectivity index (χ0v) is 14.2. The number of amides is 1. The molecule has 0 bridgehead atoms. The van der Waals surface area contributed by atoms with Crippen LogP contribution in [0.1, 0.15) is 23.1 Å². The SMILES string of the molecule is CCNC(=O)COC(=O)c1ccc2c(c1)nc(C)n2-c1ccccc1. The van der Waals surface area contributed by atoms with Crippen LogP contribution in [0.25, 0.3) is 16.7 Å². The van der Waals surface area contributed by atoms with Gasteiger partial charge in [-0.25, -0.2) is 9.78 Å². The Morgan fingerprint density at radius 3 is 2.64 bits per heavy atom. The highest BCUT2D eigenvalue weighted by atomic mass is 16.5. The second kappa shape index (κ2) is 7.17. The Hall–Kier alpha value is -3.15. The van der Waals surface area contributed by atoms with Crippen molar-refractivity contribution in [1.29, 1.82) is 0 Å². The largest absolute Gasteiger partial charge is 0.452 e. The number of fused-ring (bicyclic) bond motifs is 1. The maximum absolute atomic E-state index is 12.1. The monoisotopic (exact) mass is 337 g/mol. The average Bonchev–Trinajstić information content (AvgIpc) is 2.95. The van der Waals surface area contributed by atoms with Gasteiger partial charge in [0.15, 0.2) is 6.61 Å². The summed E-state index contributed by atoms with van der Waals surface area (Å²) in [4.78, 5) is 28.0. The van der Waals surface area contributed by atoms with E-state index < -0.39 is 5.97 Å². The third-order valence-corrected chi connectivity index (χ3v) is 3.78. The molecule has 3 aromatic rings. The molecule has 1 aromatic heterocycles. The molecule has 0 spiro atoms. The minimum Gasteiger partial charge on any atom is -0.452 e. The highest BCUT2D eigenvalue weighted by Crippen LogP contribution is 2.22. The Morgan fingerprint density at radius 2 is 1.92 bits per heavy atom. The van der Waals surface area contributed by atoms with Crippen LogP contribution in [0.15, 0.2) is 48.5 Å². The molecular weight excluding hydrogens is 318 g/mol. The zero-order valence-electron chi connectivity index (χ0n) is 14.2. The van der Waals surface area contributed by atoms with Crippen LogP contribution in [-0.2, 0) is 9.53 Å². The van der Waals surface area contributed by atoms with Crippen LogP contribution in [0.3, 0.4) is 0 Å². The van der Waals surface area contributed by atoms with E-state index in [1.165, 1.54) is 0 Å². The van der Waals surface area contributed by atoms with E-state index in [4.69, 9.17) is 4.74 Å². The van der Waals surface area contributed by atoms with Gasteiger partial charge in [-0.3, -0.25) is 9.36 Å². The normalized spacial score (nSPS) is 10.6. The molecule has 0 aliphatic heterocycles. The molecule has 0 unspecified atom stereocenters. The number of aryl methyl sites for hydroxylation is 1. The van der Waals surface area contributed by atoms with E-state index in [-0.39, 0.29) is 12.5 Å². The predicted molar refractivity (Wildman–Crippen MR) is 94.8 cm³/mol. The Kier molecular flexibility index (Phi) is 4.79. The molecule has 0 fully saturated rings. The summed E-state index contributed by atoms with van der Waals surface area (Å²) in [5, 5.41) is 2.58. The lowest BCUT2D eigenvalue weighted by Crippen LogP contribution is -2.28. The number of aromatic nitrogens is 2. The van der Waals surface area contributed by atoms with Gasteiger partial charge in [0, 0.05) is 12.2 Å². The van der Waals surface area contributed by atoms with E-state index in [0.717, 1.165) is 17.0 Å². The Labute approximate surface area is 145 Å². The van der Waals surface area contributed by atoms with Crippen LogP contribution in [0.5, 0.6) is 0 Å². The van der Waals surface area contributed by atoms with Crippen molar-refractivity contribution in [2.45, 2.75) is 13.8 Å². The van der Waals surface area contributed by atoms with E-state index >= 15 is 0 Å². The number of hydrogen-bond donors (Lipinski definition) is 1. The number of imidazole rings is 1. The summed E-state index contributed by atoms with van der Waals surface area (Å²) in [5.41, 5.74) is 2.99. The number of nitrogens with one attached hydrogen (secondary N) is 1. The molecule has 0 aliphatic carbocycles. The second-order valence-corrected chi connectivity index (χ2v) is 5.56. The van der Waals surface area contributed by atoms with E-state index in [1.54, 1.807) is 19.1 Å². The molecular formula is C19H19N3O3. The number of hydrogen-bond acceptors (Lipinski definition) is 4. The first-order valence-electron chi connectivity index (χ1n) is 8.08. The summed E-state index contributed by atoms with van der Waals surface area (Å²) < 4.78 is 7.05. The Bertz CT molecular complexity index is 916. The molecule has 0 atom stereocenters. The van der Waals surface area contributed by atoms with Gasteiger partial charge in [-0.2, -0.15) is 0 Å². The zero-order chi connectivity index (χ0) is 17.8. The molecule has 6 heteroatoms. The number of carbonyl (C=O) groups excluding carboxylic acids is 2. The summed E-state index contributed by atoms with van der Waals surface area (Å²) in [6.45, 7) is 3.93. The minimum atomic E-state index is -0.542. The lowest BCUT2D eigenvalue weighted by molar-refractivity contribution is -0.124. The molecule has 25 heavy (non-hydrogen) atoms. The van der Waals surface area contributed by atoms with Gasteiger partial charge in [0.05, 0.1) is 16.6 Å². The molecule has 0 aliphatic rings. The van der Waals surface area contributed by atoms with Crippen LogP contribution in [-0.4, -0.2) is 34.6 Å². The lowest BCUT2D eigenvalue weighted by Gasteiger charge is -2.07. The highest BCUT2D eigenvalue weighted by molar-refractivity contribution is 5.95. The van der Waals surface area contributed by atoms with Gasteiger partial charge in [0.2, 0.25) is 0 Å². The molecule has 1 amide bonds. The topological polar surface area (TPSA) is 73.2 Å². The van der Waals surface area contributed by atoms with Crippen LogP contribution in [0.4, 0.5) is 0 Å². The van der Waals surface area contributed by atoms with Gasteiger partial charge in [-0.05, 0) is 44.2 Å². The Balaban J connectivity index is 1.87. The quantitative estimate of drug-likeness (QED) is 0.727. The number of nitrogens with zero attached hydrogens (tertiary/aromatic N) is 2. The van der Waals surface area contributed by atoms with Crippen molar-refractivity contribution in [3.63, 3.8) is 0 Å². The molecule has 6 nitrogen and oxygen atoms in total. The van der Waals surface area contributed by atoms with Crippen molar-refractivity contribution in [3.8, 4) is 5.69 Å². The fraction of sp³-hybridized carbons (Fsp3) is 0.211. The number of rotatable bonds is 5. The number of carbonyl (C=O) groups is 2. The molecule has 1 heterocycles. The summed E-state index contributed by atoms with van der Waals surface area (Å²) in [5.74, 6) is -0.0322. The van der Waals surface area contributed by atoms with E-state index in [9.17, 15) is 9.59 Å². The molecule has 1 N–H and O–H groups in total. The average molecular weight is 337 g/mol. The van der Waals surface area contributed by atoms with Gasteiger partial charge in [0.1, 0.15) is 5.82 Å². The summed E-state index contributed by atoms with van der Waals surface area (Å²) in [7, 11) is 0. The standard InChI is InChI=1S/C19H19N3O3/c1-3-20-18(23)12-25-19(24)14-9-10-17-16(11-14)21-13(2)22(17)15-7-5-4-6-8-15/h4-11H,3,12H2,1-2H3,(H,20,23). The molecule has 128 valence electrons. The minimum absolute atomic E-state index is 0.289. The van der Waals surface area contributed by atoms with Gasteiger partial charge >= 0.3 is 5.97 Å². The van der Waals surface area contributed by atoms with Gasteiger partial charge < -0.3 is 10.1 Å². The first-order chi connectivity index (χ1) is 12.1. The third kappa shape index (κ3) is 3.52. The molecule has 3 rings (SSSR count). The summed E-state index contributed by atoms with van der Waals surface area (Å²) >= 11 is 0. The first-order valence-corrected chi connectivity index (χ1v) is 8.08. The molecule has 0 radical (unpaired) electrons. The number of ether oxygens (including phenoxy) is 1. The van der Waals surface area contributed by atoms with Crippen molar-refractivity contribution in [2.75, 3.05) is 13.2 Å². The van der Waals surface area contributed by atoms with Crippen LogP contribution in [0.2, 0.25) is 0 Å². The predicted octanol–water partition coefficient (Wildman–Crippen LogP) is 2.63. The lowest BCUT2D eigenvalue weighted by atomic mass is 10.2. The van der Waals surface area contributed by atoms with Crippen molar-refractivity contribution in [3.05, 3.63) is 59.9 Å². The van der Waals surface area contributed by atoms with Crippen LogP contribution >= 0.6 is 0 Å². The smallest absolute Gasteiger partial charge is 0.338 e. The molecule has 2 aromatic carbocycles. The van der Waals surface area contributed by atoms with E-state index in [1.807, 2.05) is 47.9 Å². The van der Waals surface area contributed by atoms with Gasteiger partial charge in [-0.1, -0.05) is 18.2 Å². The molecule has 0 saturated heterocycles.